The van der Waals surface area contributed by atoms with Crippen LogP contribution < -0.4 is 0 Å². The predicted molar refractivity (Wildman–Crippen MR) is 144 cm³/mol. The molecule has 0 aromatic heterocycles. The second-order valence-corrected chi connectivity index (χ2v) is 9.05. The van der Waals surface area contributed by atoms with Gasteiger partial charge in [-0.25, -0.2) is 4.79 Å². The standard InChI is InChI=1S/C31H31NO5/c1-4-36-30(35)31(18-19-31)26-16-14-24(15-17-26)23-10-12-25(13-11-23)28(33)27(21(2)32-3)29(34)37-20-22-8-6-5-7-9-22/h5-17,33H,4,18-20H2,1-3H3. The third-order valence-corrected chi connectivity index (χ3v) is 6.70. The first kappa shape index (κ1) is 25.9. The van der Waals surface area contributed by atoms with Crippen LogP contribution in [0, 0.1) is 0 Å². The zero-order valence-electron chi connectivity index (χ0n) is 21.4. The number of esters is 2. The van der Waals surface area contributed by atoms with Gasteiger partial charge in [0.25, 0.3) is 0 Å². The van der Waals surface area contributed by atoms with E-state index in [2.05, 4.69) is 4.99 Å². The molecule has 37 heavy (non-hydrogen) atoms. The molecule has 4 rings (SSSR count). The molecule has 1 aliphatic rings. The van der Waals surface area contributed by atoms with Crippen LogP contribution in [0.15, 0.2) is 89.4 Å². The van der Waals surface area contributed by atoms with E-state index in [0.29, 0.717) is 17.9 Å². The fourth-order valence-electron chi connectivity index (χ4n) is 4.27. The molecule has 1 saturated carbocycles. The molecule has 0 bridgehead atoms. The molecule has 1 aliphatic carbocycles. The van der Waals surface area contributed by atoms with E-state index in [9.17, 15) is 14.7 Å². The number of hydrogen-bond acceptors (Lipinski definition) is 6. The van der Waals surface area contributed by atoms with Crippen molar-refractivity contribution in [1.29, 1.82) is 0 Å². The summed E-state index contributed by atoms with van der Waals surface area (Å²) in [5.41, 5.74) is 4.14. The number of aliphatic hydroxyl groups is 1. The zero-order valence-corrected chi connectivity index (χ0v) is 21.4. The van der Waals surface area contributed by atoms with Crippen LogP contribution >= 0.6 is 0 Å². The summed E-state index contributed by atoms with van der Waals surface area (Å²) < 4.78 is 10.7. The van der Waals surface area contributed by atoms with E-state index in [1.54, 1.807) is 26.1 Å². The Kier molecular flexibility index (Phi) is 7.87. The number of hydrogen-bond donors (Lipinski definition) is 1. The van der Waals surface area contributed by atoms with Crippen molar-refractivity contribution < 1.29 is 24.2 Å². The molecule has 0 saturated heterocycles. The van der Waals surface area contributed by atoms with Crippen molar-refractivity contribution in [2.24, 2.45) is 4.99 Å². The Morgan fingerprint density at radius 3 is 2.03 bits per heavy atom. The van der Waals surface area contributed by atoms with Crippen molar-refractivity contribution in [3.63, 3.8) is 0 Å². The summed E-state index contributed by atoms with van der Waals surface area (Å²) in [7, 11) is 1.56. The van der Waals surface area contributed by atoms with Gasteiger partial charge in [0.15, 0.2) is 0 Å². The van der Waals surface area contributed by atoms with Crippen LogP contribution in [0.4, 0.5) is 0 Å². The molecular weight excluding hydrogens is 466 g/mol. The summed E-state index contributed by atoms with van der Waals surface area (Å²) in [5, 5.41) is 11.0. The van der Waals surface area contributed by atoms with Crippen molar-refractivity contribution in [1.82, 2.24) is 0 Å². The average molecular weight is 498 g/mol. The molecule has 3 aromatic carbocycles. The van der Waals surface area contributed by atoms with Gasteiger partial charge in [-0.3, -0.25) is 9.79 Å². The highest BCUT2D eigenvalue weighted by atomic mass is 16.5. The minimum atomic E-state index is -0.639. The number of aliphatic hydroxyl groups excluding tert-OH is 1. The highest BCUT2D eigenvalue weighted by Crippen LogP contribution is 2.49. The van der Waals surface area contributed by atoms with Gasteiger partial charge in [-0.2, -0.15) is 0 Å². The number of benzene rings is 3. The van der Waals surface area contributed by atoms with E-state index in [0.717, 1.165) is 35.1 Å². The van der Waals surface area contributed by atoms with Crippen LogP contribution in [0.1, 0.15) is 43.4 Å². The monoisotopic (exact) mass is 497 g/mol. The molecule has 0 unspecified atom stereocenters. The SMILES string of the molecule is CCOC(=O)C1(c2ccc(-c3ccc(C(O)=C(C(=O)OCc4ccccc4)C(C)=NC)cc3)cc2)CC1. The van der Waals surface area contributed by atoms with Gasteiger partial charge in [-0.1, -0.05) is 78.9 Å². The highest BCUT2D eigenvalue weighted by Gasteiger charge is 2.52. The minimum Gasteiger partial charge on any atom is -0.506 e. The quantitative estimate of drug-likeness (QED) is 0.168. The van der Waals surface area contributed by atoms with Gasteiger partial charge in [0.2, 0.25) is 0 Å². The van der Waals surface area contributed by atoms with Gasteiger partial charge in [0.05, 0.1) is 12.0 Å². The van der Waals surface area contributed by atoms with E-state index < -0.39 is 11.4 Å². The molecule has 0 spiro atoms. The summed E-state index contributed by atoms with van der Waals surface area (Å²) in [6.07, 6.45) is 1.62. The number of ether oxygens (including phenoxy) is 2. The second-order valence-electron chi connectivity index (χ2n) is 9.05. The molecule has 0 aliphatic heterocycles. The third kappa shape index (κ3) is 5.64. The lowest BCUT2D eigenvalue weighted by molar-refractivity contribution is -0.146. The largest absolute Gasteiger partial charge is 0.506 e. The molecule has 0 radical (unpaired) electrons. The van der Waals surface area contributed by atoms with Crippen LogP contribution in [0.3, 0.4) is 0 Å². The van der Waals surface area contributed by atoms with Crippen molar-refractivity contribution in [2.45, 2.75) is 38.7 Å². The van der Waals surface area contributed by atoms with E-state index in [4.69, 9.17) is 9.47 Å². The number of nitrogens with zero attached hydrogens (tertiary/aromatic N) is 1. The molecule has 6 heteroatoms. The first-order chi connectivity index (χ1) is 17.9. The Bertz CT molecular complexity index is 1320. The molecule has 3 aromatic rings. The first-order valence-electron chi connectivity index (χ1n) is 12.4. The Morgan fingerprint density at radius 2 is 1.49 bits per heavy atom. The highest BCUT2D eigenvalue weighted by molar-refractivity contribution is 6.23. The van der Waals surface area contributed by atoms with Crippen molar-refractivity contribution in [2.75, 3.05) is 13.7 Å². The molecular formula is C31H31NO5. The van der Waals surface area contributed by atoms with Crippen LogP contribution in [0.5, 0.6) is 0 Å². The van der Waals surface area contributed by atoms with E-state index in [1.807, 2.05) is 73.7 Å². The Morgan fingerprint density at radius 1 is 0.892 bits per heavy atom. The molecule has 0 amide bonds. The lowest BCUT2D eigenvalue weighted by atomic mass is 9.93. The van der Waals surface area contributed by atoms with Gasteiger partial charge < -0.3 is 14.6 Å². The number of carbonyl (C=O) groups excluding carboxylic acids is 2. The van der Waals surface area contributed by atoms with Gasteiger partial charge in [-0.15, -0.1) is 0 Å². The fourth-order valence-corrected chi connectivity index (χ4v) is 4.27. The number of rotatable bonds is 9. The average Bonchev–Trinajstić information content (AvgIpc) is 3.75. The molecule has 0 atom stereocenters. The van der Waals surface area contributed by atoms with Crippen molar-refractivity contribution in [3.05, 3.63) is 101 Å². The number of carbonyl (C=O) groups is 2. The van der Waals surface area contributed by atoms with Crippen LogP contribution in [0.2, 0.25) is 0 Å². The lowest BCUT2D eigenvalue weighted by Crippen LogP contribution is -2.23. The molecule has 1 fully saturated rings. The summed E-state index contributed by atoms with van der Waals surface area (Å²) in [4.78, 5) is 29.4. The maximum Gasteiger partial charge on any atom is 0.344 e. The molecule has 6 nitrogen and oxygen atoms in total. The Hall–Kier alpha value is -4.19. The summed E-state index contributed by atoms with van der Waals surface area (Å²) in [6.45, 7) is 3.96. The topological polar surface area (TPSA) is 85.2 Å². The van der Waals surface area contributed by atoms with Crippen LogP contribution in [-0.2, 0) is 31.1 Å². The van der Waals surface area contributed by atoms with Crippen molar-refractivity contribution in [3.8, 4) is 11.1 Å². The van der Waals surface area contributed by atoms with Gasteiger partial charge in [0, 0.05) is 18.3 Å². The predicted octanol–water partition coefficient (Wildman–Crippen LogP) is 6.05. The van der Waals surface area contributed by atoms with Gasteiger partial charge in [-0.05, 0) is 48.9 Å². The smallest absolute Gasteiger partial charge is 0.344 e. The molecule has 190 valence electrons. The summed E-state index contributed by atoms with van der Waals surface area (Å²) in [6, 6.07) is 24.6. The van der Waals surface area contributed by atoms with E-state index in [-0.39, 0.29) is 23.9 Å². The summed E-state index contributed by atoms with van der Waals surface area (Å²) >= 11 is 0. The maximum absolute atomic E-state index is 12.9. The van der Waals surface area contributed by atoms with Crippen LogP contribution in [-0.4, -0.2) is 36.4 Å². The number of aliphatic imine (C=N–C) groups is 1. The summed E-state index contributed by atoms with van der Waals surface area (Å²) in [5.74, 6) is -0.980. The third-order valence-electron chi connectivity index (χ3n) is 6.70. The maximum atomic E-state index is 12.9. The fraction of sp³-hybridized carbons (Fsp3) is 0.258. The van der Waals surface area contributed by atoms with E-state index in [1.165, 1.54) is 0 Å². The normalized spacial score (nSPS) is 14.9. The Balaban J connectivity index is 1.53. The zero-order chi connectivity index (χ0) is 26.4. The molecule has 0 heterocycles. The van der Waals surface area contributed by atoms with Gasteiger partial charge in [0.1, 0.15) is 17.9 Å². The minimum absolute atomic E-state index is 0.0317. The first-order valence-corrected chi connectivity index (χ1v) is 12.4. The van der Waals surface area contributed by atoms with E-state index >= 15 is 0 Å². The van der Waals surface area contributed by atoms with Crippen molar-refractivity contribution >= 4 is 23.4 Å². The second kappa shape index (κ2) is 11.2. The lowest BCUT2D eigenvalue weighted by Gasteiger charge is -2.15. The molecule has 1 N–H and O–H groups in total. The van der Waals surface area contributed by atoms with Crippen LogP contribution in [0.25, 0.3) is 16.9 Å². The Labute approximate surface area is 217 Å². The van der Waals surface area contributed by atoms with Gasteiger partial charge >= 0.3 is 11.9 Å².